The molecule has 1 N–H and O–H groups in total. The summed E-state index contributed by atoms with van der Waals surface area (Å²) in [6.07, 6.45) is -2.65. The van der Waals surface area contributed by atoms with Gasteiger partial charge in [-0.1, -0.05) is 128 Å². The van der Waals surface area contributed by atoms with Crippen LogP contribution in [0, 0.1) is 5.41 Å². The average molecular weight is 731 g/mol. The van der Waals surface area contributed by atoms with E-state index in [1.54, 1.807) is 0 Å². The quantitative estimate of drug-likeness (QED) is 0.179. The van der Waals surface area contributed by atoms with E-state index in [9.17, 15) is 19.5 Å². The molecular formula is C39H58O9SSi. The van der Waals surface area contributed by atoms with Crippen molar-refractivity contribution >= 4 is 47.5 Å². The Labute approximate surface area is 304 Å². The van der Waals surface area contributed by atoms with Gasteiger partial charge in [0.25, 0.3) is 8.32 Å². The fourth-order valence-electron chi connectivity index (χ4n) is 7.13. The van der Waals surface area contributed by atoms with Crippen molar-refractivity contribution in [3.05, 3.63) is 60.7 Å². The summed E-state index contributed by atoms with van der Waals surface area (Å²) in [4.78, 5) is 38.3. The van der Waals surface area contributed by atoms with Crippen LogP contribution in [-0.4, -0.2) is 79.6 Å². The second-order valence-corrected chi connectivity index (χ2v) is 22.0. The number of rotatable bonds is 14. The molecule has 0 aromatic heterocycles. The lowest BCUT2D eigenvalue weighted by Crippen LogP contribution is -2.68. The molecule has 0 radical (unpaired) electrons. The lowest BCUT2D eigenvalue weighted by atomic mass is 9.70. The summed E-state index contributed by atoms with van der Waals surface area (Å²) >= 11 is 1.29. The normalized spacial score (nSPS) is 22.3. The van der Waals surface area contributed by atoms with Crippen LogP contribution in [0.15, 0.2) is 60.7 Å². The van der Waals surface area contributed by atoms with Crippen molar-refractivity contribution in [2.75, 3.05) is 14.2 Å². The van der Waals surface area contributed by atoms with Crippen LogP contribution in [0.25, 0.3) is 0 Å². The highest BCUT2D eigenvalue weighted by atomic mass is 32.2. The largest absolute Gasteiger partial charge is 0.469 e. The van der Waals surface area contributed by atoms with Crippen molar-refractivity contribution in [1.29, 1.82) is 0 Å². The molecule has 11 heteroatoms. The first-order chi connectivity index (χ1) is 23.2. The Bertz CT molecular complexity index is 1380. The Morgan fingerprint density at radius 3 is 1.92 bits per heavy atom. The lowest BCUT2D eigenvalue weighted by molar-refractivity contribution is -0.356. The maximum Gasteiger partial charge on any atom is 0.308 e. The van der Waals surface area contributed by atoms with Gasteiger partial charge >= 0.3 is 11.9 Å². The van der Waals surface area contributed by atoms with Crippen LogP contribution in [0.2, 0.25) is 5.04 Å². The Kier molecular flexibility index (Phi) is 14.1. The number of carbonyl (C=O) groups excluding carboxylic acids is 3. The molecule has 278 valence electrons. The molecule has 0 bridgehead atoms. The summed E-state index contributed by atoms with van der Waals surface area (Å²) in [5, 5.41) is 12.9. The number of aliphatic hydroxyl groups excluding tert-OH is 1. The molecule has 50 heavy (non-hydrogen) atoms. The predicted molar refractivity (Wildman–Crippen MR) is 200 cm³/mol. The van der Waals surface area contributed by atoms with E-state index < -0.39 is 55.9 Å². The van der Waals surface area contributed by atoms with E-state index in [0.717, 1.165) is 10.4 Å². The van der Waals surface area contributed by atoms with Crippen molar-refractivity contribution < 1.29 is 42.9 Å². The minimum absolute atomic E-state index is 0.000358. The number of carbonyl (C=O) groups is 3. The first kappa shape index (κ1) is 41.9. The molecule has 5 atom stereocenters. The zero-order chi connectivity index (χ0) is 37.5. The number of thioether (sulfide) groups is 1. The van der Waals surface area contributed by atoms with E-state index in [-0.39, 0.29) is 40.6 Å². The van der Waals surface area contributed by atoms with Crippen molar-refractivity contribution in [3.8, 4) is 0 Å². The van der Waals surface area contributed by atoms with Gasteiger partial charge in [-0.2, -0.15) is 0 Å². The van der Waals surface area contributed by atoms with E-state index >= 15 is 0 Å². The third-order valence-corrected chi connectivity index (χ3v) is 15.6. The monoisotopic (exact) mass is 730 g/mol. The van der Waals surface area contributed by atoms with Gasteiger partial charge in [-0.15, -0.1) is 0 Å². The smallest absolute Gasteiger partial charge is 0.308 e. The van der Waals surface area contributed by atoms with Crippen LogP contribution in [0.5, 0.6) is 0 Å². The number of methoxy groups -OCH3 is 2. The van der Waals surface area contributed by atoms with Crippen LogP contribution in [0.3, 0.4) is 0 Å². The minimum Gasteiger partial charge on any atom is -0.469 e. The van der Waals surface area contributed by atoms with Crippen LogP contribution in [-0.2, 0) is 37.8 Å². The topological polar surface area (TPSA) is 118 Å². The molecule has 2 aromatic carbocycles. The standard InChI is InChI=1S/C39H58O9SSi/c1-27(40)46-33-24-29(47-39(45-11,38(33,8)9)26-28(41)22-34(42)44-10)23-30(25-35(43)49-36(2,3)4)48-50(37(5,6)7,31-18-14-12-15-19-31)32-20-16-13-17-21-32/h12-21,28-30,33,41H,22-26H2,1-11H3/t28-,29+,30+,33-,39-/m0/s1. The van der Waals surface area contributed by atoms with E-state index in [0.29, 0.717) is 6.42 Å². The fourth-order valence-corrected chi connectivity index (χ4v) is 12.8. The molecule has 9 nitrogen and oxygen atoms in total. The molecule has 3 rings (SSSR count). The lowest BCUT2D eigenvalue weighted by Gasteiger charge is -2.55. The highest BCUT2D eigenvalue weighted by Gasteiger charge is 2.59. The second-order valence-electron chi connectivity index (χ2n) is 15.8. The van der Waals surface area contributed by atoms with Gasteiger partial charge in [-0.25, -0.2) is 0 Å². The summed E-state index contributed by atoms with van der Waals surface area (Å²) in [6, 6.07) is 20.5. The highest BCUT2D eigenvalue weighted by molar-refractivity contribution is 8.14. The minimum atomic E-state index is -3.11. The molecular weight excluding hydrogens is 673 g/mol. The molecule has 1 aliphatic heterocycles. The summed E-state index contributed by atoms with van der Waals surface area (Å²) in [5.74, 6) is -2.49. The van der Waals surface area contributed by atoms with Gasteiger partial charge in [-0.05, 0) is 21.8 Å². The maximum atomic E-state index is 13.8. The third kappa shape index (κ3) is 10.1. The van der Waals surface area contributed by atoms with Gasteiger partial charge < -0.3 is 28.5 Å². The molecule has 0 saturated carbocycles. The van der Waals surface area contributed by atoms with Crippen molar-refractivity contribution in [1.82, 2.24) is 0 Å². The Hall–Kier alpha value is -2.54. The Morgan fingerprint density at radius 1 is 0.940 bits per heavy atom. The average Bonchev–Trinajstić information content (AvgIpc) is 3.01. The van der Waals surface area contributed by atoms with E-state index in [2.05, 4.69) is 45.0 Å². The molecule has 1 fully saturated rings. The number of aliphatic hydroxyl groups is 1. The summed E-state index contributed by atoms with van der Waals surface area (Å²) in [5.41, 5.74) is -0.937. The van der Waals surface area contributed by atoms with Gasteiger partial charge in [-0.3, -0.25) is 14.4 Å². The van der Waals surface area contributed by atoms with Crippen LogP contribution < -0.4 is 10.4 Å². The van der Waals surface area contributed by atoms with E-state index in [1.165, 1.54) is 32.9 Å². The molecule has 1 saturated heterocycles. The number of hydrogen-bond donors (Lipinski definition) is 1. The summed E-state index contributed by atoms with van der Waals surface area (Å²) in [6.45, 7) is 17.7. The van der Waals surface area contributed by atoms with Crippen molar-refractivity contribution in [2.45, 2.75) is 134 Å². The first-order valence-electron chi connectivity index (χ1n) is 17.4. The number of esters is 2. The number of ether oxygens (including phenoxy) is 4. The summed E-state index contributed by atoms with van der Waals surface area (Å²) in [7, 11) is -0.362. The molecule has 0 spiro atoms. The molecule has 0 unspecified atom stereocenters. The first-order valence-corrected chi connectivity index (χ1v) is 20.1. The van der Waals surface area contributed by atoms with E-state index in [4.69, 9.17) is 23.4 Å². The second kappa shape index (κ2) is 16.9. The van der Waals surface area contributed by atoms with Crippen LogP contribution >= 0.6 is 11.8 Å². The fraction of sp³-hybridized carbons (Fsp3) is 0.615. The zero-order valence-electron chi connectivity index (χ0n) is 31.7. The van der Waals surface area contributed by atoms with Gasteiger partial charge in [0.15, 0.2) is 10.9 Å². The Balaban J connectivity index is 2.17. The van der Waals surface area contributed by atoms with Gasteiger partial charge in [0.1, 0.15) is 6.10 Å². The van der Waals surface area contributed by atoms with Crippen LogP contribution in [0.4, 0.5) is 0 Å². The van der Waals surface area contributed by atoms with Crippen molar-refractivity contribution in [2.24, 2.45) is 5.41 Å². The maximum absolute atomic E-state index is 13.8. The summed E-state index contributed by atoms with van der Waals surface area (Å²) < 4.78 is 30.9. The SMILES string of the molecule is COC(=O)C[C@H](O)C[C@]1(OC)O[C@H](C[C@H](CC(=O)SC(C)(C)C)O[Si](c2ccccc2)(c2ccccc2)C(C)(C)C)C[C@H](OC(C)=O)C1(C)C. The molecule has 2 aromatic rings. The molecule has 1 aliphatic rings. The van der Waals surface area contributed by atoms with Crippen molar-refractivity contribution in [3.63, 3.8) is 0 Å². The highest BCUT2D eigenvalue weighted by Crippen LogP contribution is 2.50. The molecule has 0 aliphatic carbocycles. The van der Waals surface area contributed by atoms with Gasteiger partial charge in [0.05, 0.1) is 37.3 Å². The number of benzene rings is 2. The Morgan fingerprint density at radius 2 is 1.48 bits per heavy atom. The molecule has 0 amide bonds. The third-order valence-electron chi connectivity index (χ3n) is 9.49. The van der Waals surface area contributed by atoms with Crippen LogP contribution in [0.1, 0.15) is 94.4 Å². The molecule has 1 heterocycles. The van der Waals surface area contributed by atoms with E-state index in [1.807, 2.05) is 71.0 Å². The predicted octanol–water partition coefficient (Wildman–Crippen LogP) is 6.17. The van der Waals surface area contributed by atoms with Gasteiger partial charge in [0.2, 0.25) is 0 Å². The van der Waals surface area contributed by atoms with Gasteiger partial charge in [0, 0.05) is 38.0 Å². The zero-order valence-corrected chi connectivity index (χ0v) is 33.6. The number of hydrogen-bond acceptors (Lipinski definition) is 10.